The minimum Gasteiger partial charge on any atom is -0.756 e. The minimum absolute atomic E-state index is 0.0397. The number of allylic oxidation sites excluding steroid dienone is 34. The van der Waals surface area contributed by atoms with Crippen molar-refractivity contribution in [2.24, 2.45) is 0 Å². The molecule has 9 nitrogen and oxygen atoms in total. The molecule has 0 bridgehead atoms. The highest BCUT2D eigenvalue weighted by atomic mass is 31.2. The Labute approximate surface area is 627 Å². The number of quaternary nitrogens is 1. The van der Waals surface area contributed by atoms with Crippen LogP contribution in [0.1, 0.15) is 309 Å². The maximum atomic E-state index is 12.9. The fourth-order valence-electron chi connectivity index (χ4n) is 10.7. The number of phosphoric acid groups is 1. The lowest BCUT2D eigenvalue weighted by Crippen LogP contribution is -2.37. The van der Waals surface area contributed by atoms with E-state index in [4.69, 9.17) is 18.5 Å². The van der Waals surface area contributed by atoms with Gasteiger partial charge in [-0.3, -0.25) is 14.2 Å². The average molecular weight is 1430 g/mol. The molecule has 0 heterocycles. The predicted molar refractivity (Wildman–Crippen MR) is 442 cm³/mol. The van der Waals surface area contributed by atoms with Gasteiger partial charge in [0.05, 0.1) is 27.7 Å². The van der Waals surface area contributed by atoms with Crippen molar-refractivity contribution in [1.29, 1.82) is 0 Å². The summed E-state index contributed by atoms with van der Waals surface area (Å²) in [4.78, 5) is 38.2. The fourth-order valence-corrected chi connectivity index (χ4v) is 11.4. The third-order valence-corrected chi connectivity index (χ3v) is 17.8. The molecule has 0 saturated heterocycles. The van der Waals surface area contributed by atoms with E-state index >= 15 is 0 Å². The van der Waals surface area contributed by atoms with Gasteiger partial charge in [0.25, 0.3) is 7.82 Å². The zero-order chi connectivity index (χ0) is 74.0. The number of phosphoric ester groups is 1. The highest BCUT2D eigenvalue weighted by Gasteiger charge is 2.22. The summed E-state index contributed by atoms with van der Waals surface area (Å²) in [7, 11) is 1.15. The van der Waals surface area contributed by atoms with Gasteiger partial charge in [-0.05, 0) is 148 Å². The van der Waals surface area contributed by atoms with Crippen LogP contribution in [0.4, 0.5) is 0 Å². The van der Waals surface area contributed by atoms with E-state index in [0.717, 1.165) is 154 Å². The Kier molecular flexibility index (Phi) is 75.5. The first-order valence-electron chi connectivity index (χ1n) is 40.8. The van der Waals surface area contributed by atoms with Gasteiger partial charge in [-0.25, -0.2) is 0 Å². The number of rotatable bonds is 73. The first-order valence-corrected chi connectivity index (χ1v) is 42.3. The van der Waals surface area contributed by atoms with Gasteiger partial charge < -0.3 is 27.9 Å². The first-order chi connectivity index (χ1) is 50.0. The van der Waals surface area contributed by atoms with Crippen molar-refractivity contribution in [2.45, 2.75) is 315 Å². The normalized spacial score (nSPS) is 14.1. The lowest BCUT2D eigenvalue weighted by Gasteiger charge is -2.28. The number of esters is 2. The highest BCUT2D eigenvalue weighted by molar-refractivity contribution is 7.45. The van der Waals surface area contributed by atoms with Gasteiger partial charge in [0.2, 0.25) is 0 Å². The van der Waals surface area contributed by atoms with Gasteiger partial charge in [0.15, 0.2) is 6.10 Å². The topological polar surface area (TPSA) is 111 Å². The van der Waals surface area contributed by atoms with Gasteiger partial charge >= 0.3 is 11.9 Å². The molecule has 0 aromatic rings. The van der Waals surface area contributed by atoms with Crippen LogP contribution >= 0.6 is 7.82 Å². The quantitative estimate of drug-likeness (QED) is 0.0195. The van der Waals surface area contributed by atoms with Gasteiger partial charge in [0, 0.05) is 12.8 Å². The summed E-state index contributed by atoms with van der Waals surface area (Å²) in [5.41, 5.74) is 0. The molecule has 0 aliphatic heterocycles. The molecule has 0 N–H and O–H groups in total. The van der Waals surface area contributed by atoms with E-state index in [1.165, 1.54) is 122 Å². The van der Waals surface area contributed by atoms with E-state index in [1.807, 2.05) is 21.1 Å². The Morgan fingerprint density at radius 2 is 0.529 bits per heavy atom. The van der Waals surface area contributed by atoms with Crippen LogP contribution in [0.2, 0.25) is 0 Å². The maximum absolute atomic E-state index is 12.9. The average Bonchev–Trinajstić information content (AvgIpc) is 0.916. The van der Waals surface area contributed by atoms with E-state index in [-0.39, 0.29) is 32.0 Å². The molecule has 0 aromatic carbocycles. The third-order valence-electron chi connectivity index (χ3n) is 16.8. The number of likely N-dealkylation sites (N-methyl/N-ethyl adjacent to an activating group) is 1. The van der Waals surface area contributed by atoms with Crippen LogP contribution < -0.4 is 4.89 Å². The number of carbonyl (C=O) groups excluding carboxylic acids is 2. The SMILES string of the molecule is CC/C=C\C/C=C\C/C=C\C/C=C\C/C=C\C/C=C\C/C=C\C/C=C\C/C=C\CCCCCCCCCCCCCCCC(=O)OC(COC(=O)CCCCCCCCCCCCCC/C=C\C/C=C\C/C=C\C/C=C\C/C=C\C/C=C\C/C=C\C/C=C\CC)COP(=O)([O-])OCC[N+](C)(C)C. The molecule has 0 amide bonds. The Balaban J connectivity index is 4.05. The molecule has 2 unspecified atom stereocenters. The standard InChI is InChI=1S/C92H150NO8P/c1-6-8-10-12-14-16-18-20-22-24-26-28-30-32-34-36-38-40-42-44-45-46-47-49-51-53-55-57-59-61-63-65-67-69-71-73-75-77-79-81-83-85-92(95)101-90(89-100-102(96,97)99-87-86-93(3,4)5)88-98-91(94)84-82-80-78-76-74-72-70-68-66-64-62-60-58-56-54-52-50-48-43-41-39-37-35-33-31-29-27-25-23-21-19-17-15-13-11-9-7-2/h8-11,14-17,20-23,26-29,32-35,38-41,44-45,47-50,53-56,90H,6-7,12-13,18-19,24-25,30-31,36-37,42-43,46,51-52,57-89H2,1-5H3/b10-8-,11-9-,16-14-,17-15-,22-20-,23-21-,28-26-,29-27-,34-32-,35-33-,40-38-,41-39-,45-44-,49-47-,50-48-,55-53-,56-54-. The second kappa shape index (κ2) is 79.7. The Bertz CT molecular complexity index is 2480. The summed E-state index contributed by atoms with van der Waals surface area (Å²) in [6.07, 6.45) is 125. The van der Waals surface area contributed by atoms with Crippen LogP contribution in [-0.2, 0) is 32.7 Å². The van der Waals surface area contributed by atoms with Crippen molar-refractivity contribution in [3.63, 3.8) is 0 Å². The van der Waals surface area contributed by atoms with E-state index in [0.29, 0.717) is 17.4 Å². The van der Waals surface area contributed by atoms with E-state index in [1.54, 1.807) is 0 Å². The second-order valence-electron chi connectivity index (χ2n) is 27.7. The molecule has 0 saturated carbocycles. The summed E-state index contributed by atoms with van der Waals surface area (Å²) >= 11 is 0. The molecule has 0 aliphatic carbocycles. The third kappa shape index (κ3) is 83.5. The second-order valence-corrected chi connectivity index (χ2v) is 29.1. The minimum atomic E-state index is -4.66. The van der Waals surface area contributed by atoms with Gasteiger partial charge in [-0.15, -0.1) is 0 Å². The van der Waals surface area contributed by atoms with Crippen LogP contribution in [0.25, 0.3) is 0 Å². The number of unbranched alkanes of at least 4 members (excludes halogenated alkanes) is 25. The van der Waals surface area contributed by atoms with Crippen LogP contribution in [0.15, 0.2) is 207 Å². The van der Waals surface area contributed by atoms with E-state index < -0.39 is 26.5 Å². The summed E-state index contributed by atoms with van der Waals surface area (Å²) < 4.78 is 34.4. The van der Waals surface area contributed by atoms with Crippen LogP contribution in [0, 0.1) is 0 Å². The zero-order valence-corrected chi connectivity index (χ0v) is 66.6. The molecule has 0 rings (SSSR count). The summed E-state index contributed by atoms with van der Waals surface area (Å²) in [5.74, 6) is -0.842. The Morgan fingerprint density at radius 3 is 0.784 bits per heavy atom. The zero-order valence-electron chi connectivity index (χ0n) is 65.7. The molecule has 0 aliphatic rings. The van der Waals surface area contributed by atoms with E-state index in [2.05, 4.69) is 220 Å². The number of hydrogen-bond acceptors (Lipinski definition) is 8. The molecule has 10 heteroatoms. The number of ether oxygens (including phenoxy) is 2. The van der Waals surface area contributed by atoms with Crippen molar-refractivity contribution < 1.29 is 42.1 Å². The smallest absolute Gasteiger partial charge is 0.306 e. The molecule has 576 valence electrons. The van der Waals surface area contributed by atoms with Gasteiger partial charge in [0.1, 0.15) is 19.8 Å². The lowest BCUT2D eigenvalue weighted by molar-refractivity contribution is -0.870. The monoisotopic (exact) mass is 1430 g/mol. The predicted octanol–water partition coefficient (Wildman–Crippen LogP) is 27.1. The van der Waals surface area contributed by atoms with Crippen molar-refractivity contribution in [3.8, 4) is 0 Å². The molecule has 0 aromatic heterocycles. The summed E-state index contributed by atoms with van der Waals surface area (Å²) in [6, 6.07) is 0. The van der Waals surface area contributed by atoms with Gasteiger partial charge in [-0.1, -0.05) is 355 Å². The van der Waals surface area contributed by atoms with E-state index in [9.17, 15) is 19.0 Å². The molecular formula is C92H150NO8P. The van der Waals surface area contributed by atoms with Crippen molar-refractivity contribution in [2.75, 3.05) is 47.5 Å². The molecule has 0 spiro atoms. The maximum Gasteiger partial charge on any atom is 0.306 e. The summed E-state index contributed by atoms with van der Waals surface area (Å²) in [6.45, 7) is 4.01. The largest absolute Gasteiger partial charge is 0.756 e. The Hall–Kier alpha value is -5.41. The lowest BCUT2D eigenvalue weighted by atomic mass is 10.0. The Morgan fingerprint density at radius 1 is 0.304 bits per heavy atom. The van der Waals surface area contributed by atoms with Crippen molar-refractivity contribution >= 4 is 19.8 Å². The van der Waals surface area contributed by atoms with Crippen LogP contribution in [0.5, 0.6) is 0 Å². The number of carbonyl (C=O) groups is 2. The number of hydrogen-bond donors (Lipinski definition) is 0. The molecule has 102 heavy (non-hydrogen) atoms. The highest BCUT2D eigenvalue weighted by Crippen LogP contribution is 2.38. The number of nitrogens with zero attached hydrogens (tertiary/aromatic N) is 1. The van der Waals surface area contributed by atoms with Crippen LogP contribution in [0.3, 0.4) is 0 Å². The molecule has 0 radical (unpaired) electrons. The molecule has 2 atom stereocenters. The van der Waals surface area contributed by atoms with Crippen LogP contribution in [-0.4, -0.2) is 70.0 Å². The fraction of sp³-hybridized carbons (Fsp3) is 0.609. The first kappa shape index (κ1) is 96.6. The molecular weight excluding hydrogens is 1280 g/mol. The van der Waals surface area contributed by atoms with Gasteiger partial charge in [-0.2, -0.15) is 0 Å². The molecule has 0 fully saturated rings. The van der Waals surface area contributed by atoms with Crippen molar-refractivity contribution in [3.05, 3.63) is 207 Å². The summed E-state index contributed by atoms with van der Waals surface area (Å²) in [5, 5.41) is 0. The van der Waals surface area contributed by atoms with Crippen molar-refractivity contribution in [1.82, 2.24) is 0 Å².